The second-order valence-corrected chi connectivity index (χ2v) is 3.80. The maximum atomic E-state index is 5.77. The summed E-state index contributed by atoms with van der Waals surface area (Å²) in [7, 11) is 0. The van der Waals surface area contributed by atoms with E-state index in [2.05, 4.69) is 20.8 Å². The normalized spacial score (nSPS) is 13.8. The third kappa shape index (κ3) is 6.93. The monoisotopic (exact) mass is 192 g/mol. The first kappa shape index (κ1) is 12.2. The number of rotatable bonds is 7. The molecule has 74 valence electrons. The Balaban J connectivity index is 3.17. The van der Waals surface area contributed by atoms with E-state index in [1.807, 2.05) is 0 Å². The van der Waals surface area contributed by atoms with Crippen molar-refractivity contribution in [2.45, 2.75) is 46.1 Å². The third-order valence-corrected chi connectivity index (χ3v) is 2.44. The molecule has 0 rings (SSSR count). The first-order valence-corrected chi connectivity index (χ1v) is 5.41. The van der Waals surface area contributed by atoms with E-state index in [1.165, 1.54) is 12.8 Å². The van der Waals surface area contributed by atoms with Gasteiger partial charge in [-0.3, -0.25) is 0 Å². The van der Waals surface area contributed by atoms with Crippen LogP contribution >= 0.6 is 11.6 Å². The van der Waals surface area contributed by atoms with Crippen LogP contribution in [0.25, 0.3) is 0 Å². The quantitative estimate of drug-likeness (QED) is 0.444. The Kier molecular flexibility index (Phi) is 8.04. The van der Waals surface area contributed by atoms with Crippen LogP contribution in [-0.2, 0) is 4.74 Å². The number of hydrogen-bond donors (Lipinski definition) is 0. The number of alkyl halides is 1. The zero-order valence-corrected chi connectivity index (χ0v) is 9.23. The van der Waals surface area contributed by atoms with Crippen LogP contribution in [0.2, 0.25) is 0 Å². The highest BCUT2D eigenvalue weighted by Gasteiger charge is 2.03. The molecule has 0 aliphatic rings. The van der Waals surface area contributed by atoms with Crippen molar-refractivity contribution in [2.24, 2.45) is 5.92 Å². The molecule has 0 bridgehead atoms. The Morgan fingerprint density at radius 3 is 2.42 bits per heavy atom. The van der Waals surface area contributed by atoms with E-state index in [9.17, 15) is 0 Å². The molecule has 12 heavy (non-hydrogen) atoms. The molecule has 1 unspecified atom stereocenters. The lowest BCUT2D eigenvalue weighted by Crippen LogP contribution is -2.07. The van der Waals surface area contributed by atoms with Crippen molar-refractivity contribution >= 4 is 11.6 Å². The first-order chi connectivity index (χ1) is 5.70. The fraction of sp³-hybridized carbons (Fsp3) is 1.00. The Morgan fingerprint density at radius 2 is 2.00 bits per heavy atom. The molecule has 0 heterocycles. The van der Waals surface area contributed by atoms with Gasteiger partial charge in [0, 0.05) is 12.5 Å². The van der Waals surface area contributed by atoms with Gasteiger partial charge in [0.15, 0.2) is 0 Å². The standard InChI is InChI=1S/C10H21ClO/c1-4-10(8-11)6-5-7-12-9(2)3/h9-10H,4-8H2,1-3H3. The maximum absolute atomic E-state index is 5.77. The van der Waals surface area contributed by atoms with Crippen LogP contribution in [0, 0.1) is 5.92 Å². The smallest absolute Gasteiger partial charge is 0.0518 e. The molecule has 0 saturated carbocycles. The van der Waals surface area contributed by atoms with Crippen LogP contribution in [0.1, 0.15) is 40.0 Å². The molecule has 0 saturated heterocycles. The highest BCUT2D eigenvalue weighted by Crippen LogP contribution is 2.12. The Morgan fingerprint density at radius 1 is 1.33 bits per heavy atom. The molecule has 0 spiro atoms. The molecule has 0 aliphatic carbocycles. The summed E-state index contributed by atoms with van der Waals surface area (Å²) >= 11 is 5.77. The average molecular weight is 193 g/mol. The van der Waals surface area contributed by atoms with Gasteiger partial charge in [-0.1, -0.05) is 13.3 Å². The van der Waals surface area contributed by atoms with Crippen molar-refractivity contribution in [1.29, 1.82) is 0 Å². The zero-order valence-electron chi connectivity index (χ0n) is 8.48. The van der Waals surface area contributed by atoms with Crippen LogP contribution in [0.4, 0.5) is 0 Å². The van der Waals surface area contributed by atoms with Gasteiger partial charge in [-0.05, 0) is 32.6 Å². The van der Waals surface area contributed by atoms with E-state index in [0.29, 0.717) is 12.0 Å². The van der Waals surface area contributed by atoms with Crippen molar-refractivity contribution in [3.05, 3.63) is 0 Å². The van der Waals surface area contributed by atoms with Crippen LogP contribution in [0.3, 0.4) is 0 Å². The molecule has 2 heteroatoms. The van der Waals surface area contributed by atoms with Crippen LogP contribution in [-0.4, -0.2) is 18.6 Å². The summed E-state index contributed by atoms with van der Waals surface area (Å²) in [6.45, 7) is 7.21. The van der Waals surface area contributed by atoms with Crippen molar-refractivity contribution < 1.29 is 4.74 Å². The lowest BCUT2D eigenvalue weighted by Gasteiger charge is -2.11. The van der Waals surface area contributed by atoms with E-state index in [0.717, 1.165) is 18.9 Å². The molecule has 0 N–H and O–H groups in total. The van der Waals surface area contributed by atoms with Crippen LogP contribution in [0.15, 0.2) is 0 Å². The molecule has 0 amide bonds. The summed E-state index contributed by atoms with van der Waals surface area (Å²) < 4.78 is 5.44. The predicted molar refractivity (Wildman–Crippen MR) is 54.8 cm³/mol. The van der Waals surface area contributed by atoms with E-state index in [4.69, 9.17) is 16.3 Å². The van der Waals surface area contributed by atoms with E-state index >= 15 is 0 Å². The fourth-order valence-electron chi connectivity index (χ4n) is 1.08. The molecule has 1 nitrogen and oxygen atoms in total. The Labute approximate surface area is 81.4 Å². The highest BCUT2D eigenvalue weighted by atomic mass is 35.5. The first-order valence-electron chi connectivity index (χ1n) is 4.88. The zero-order chi connectivity index (χ0) is 9.40. The highest BCUT2D eigenvalue weighted by molar-refractivity contribution is 6.18. The van der Waals surface area contributed by atoms with Gasteiger partial charge in [-0.2, -0.15) is 0 Å². The molecule has 0 radical (unpaired) electrons. The second kappa shape index (κ2) is 7.88. The van der Waals surface area contributed by atoms with Gasteiger partial charge < -0.3 is 4.74 Å². The molecule has 0 aromatic carbocycles. The summed E-state index contributed by atoms with van der Waals surface area (Å²) in [6, 6.07) is 0. The van der Waals surface area contributed by atoms with Crippen molar-refractivity contribution in [3.63, 3.8) is 0 Å². The topological polar surface area (TPSA) is 9.23 Å². The fourth-order valence-corrected chi connectivity index (χ4v) is 1.45. The van der Waals surface area contributed by atoms with E-state index < -0.39 is 0 Å². The second-order valence-electron chi connectivity index (χ2n) is 3.49. The van der Waals surface area contributed by atoms with Gasteiger partial charge in [-0.15, -0.1) is 11.6 Å². The van der Waals surface area contributed by atoms with Crippen LogP contribution < -0.4 is 0 Å². The minimum Gasteiger partial charge on any atom is -0.379 e. The van der Waals surface area contributed by atoms with Crippen LogP contribution in [0.5, 0.6) is 0 Å². The average Bonchev–Trinajstić information content (AvgIpc) is 2.04. The van der Waals surface area contributed by atoms with Gasteiger partial charge in [-0.25, -0.2) is 0 Å². The summed E-state index contributed by atoms with van der Waals surface area (Å²) in [5, 5.41) is 0. The predicted octanol–water partition coefficient (Wildman–Crippen LogP) is 3.46. The number of hydrogen-bond acceptors (Lipinski definition) is 1. The number of halogens is 1. The number of ether oxygens (including phenoxy) is 1. The molecule has 0 aliphatic heterocycles. The Hall–Kier alpha value is 0.250. The molecular formula is C10H21ClO. The molecule has 1 atom stereocenters. The molecule has 0 aromatic rings. The molecular weight excluding hydrogens is 172 g/mol. The Bertz CT molecular complexity index is 89.8. The summed E-state index contributed by atoms with van der Waals surface area (Å²) in [4.78, 5) is 0. The third-order valence-electron chi connectivity index (χ3n) is 2.00. The summed E-state index contributed by atoms with van der Waals surface area (Å²) in [6.07, 6.45) is 3.89. The van der Waals surface area contributed by atoms with E-state index in [-0.39, 0.29) is 0 Å². The lowest BCUT2D eigenvalue weighted by atomic mass is 10.0. The molecule has 0 aromatic heterocycles. The maximum Gasteiger partial charge on any atom is 0.0518 e. The van der Waals surface area contributed by atoms with Crippen molar-refractivity contribution in [3.8, 4) is 0 Å². The molecule has 0 fully saturated rings. The SMILES string of the molecule is CCC(CCl)CCCOC(C)C. The van der Waals surface area contributed by atoms with Gasteiger partial charge in [0.05, 0.1) is 6.10 Å². The summed E-state index contributed by atoms with van der Waals surface area (Å²) in [5.41, 5.74) is 0. The van der Waals surface area contributed by atoms with Gasteiger partial charge in [0.2, 0.25) is 0 Å². The minimum absolute atomic E-state index is 0.362. The van der Waals surface area contributed by atoms with E-state index in [1.54, 1.807) is 0 Å². The lowest BCUT2D eigenvalue weighted by molar-refractivity contribution is 0.0739. The van der Waals surface area contributed by atoms with Gasteiger partial charge >= 0.3 is 0 Å². The minimum atomic E-state index is 0.362. The van der Waals surface area contributed by atoms with Gasteiger partial charge in [0.1, 0.15) is 0 Å². The van der Waals surface area contributed by atoms with Crippen molar-refractivity contribution in [2.75, 3.05) is 12.5 Å². The summed E-state index contributed by atoms with van der Waals surface area (Å²) in [5.74, 6) is 1.47. The van der Waals surface area contributed by atoms with Gasteiger partial charge in [0.25, 0.3) is 0 Å². The largest absolute Gasteiger partial charge is 0.379 e. The van der Waals surface area contributed by atoms with Crippen molar-refractivity contribution in [1.82, 2.24) is 0 Å².